The summed E-state index contributed by atoms with van der Waals surface area (Å²) in [6.45, 7) is 0.706. The molecule has 1 saturated carbocycles. The Labute approximate surface area is 89.5 Å². The highest BCUT2D eigenvalue weighted by Gasteiger charge is 2.21. The van der Waals surface area contributed by atoms with Gasteiger partial charge in [0.1, 0.15) is 0 Å². The number of H-pyrrole nitrogens is 1. The van der Waals surface area contributed by atoms with Crippen LogP contribution < -0.4 is 5.32 Å². The van der Waals surface area contributed by atoms with E-state index in [1.165, 1.54) is 12.8 Å². The van der Waals surface area contributed by atoms with Crippen LogP contribution in [0.1, 0.15) is 31.4 Å². The van der Waals surface area contributed by atoms with E-state index in [0.717, 1.165) is 25.0 Å². The minimum Gasteiger partial charge on any atom is -0.355 e. The Balaban J connectivity index is 1.67. The topological polar surface area (TPSA) is 57.8 Å². The molecule has 0 radical (unpaired) electrons. The Morgan fingerprint density at radius 2 is 2.33 bits per heavy atom. The largest absolute Gasteiger partial charge is 0.355 e. The van der Waals surface area contributed by atoms with Crippen molar-refractivity contribution in [2.24, 2.45) is 5.92 Å². The minimum absolute atomic E-state index is 0.229. The lowest BCUT2D eigenvalue weighted by Gasteiger charge is -2.09. The molecule has 1 fully saturated rings. The fourth-order valence-corrected chi connectivity index (χ4v) is 2.08. The summed E-state index contributed by atoms with van der Waals surface area (Å²) >= 11 is 0. The molecule has 0 bridgehead atoms. The van der Waals surface area contributed by atoms with E-state index in [-0.39, 0.29) is 11.8 Å². The second-order valence-corrected chi connectivity index (χ2v) is 4.10. The first-order valence-corrected chi connectivity index (χ1v) is 5.62. The fraction of sp³-hybridized carbons (Fsp3) is 0.636. The molecule has 0 atom stereocenters. The first-order valence-electron chi connectivity index (χ1n) is 5.62. The average Bonchev–Trinajstić information content (AvgIpc) is 2.90. The van der Waals surface area contributed by atoms with E-state index >= 15 is 0 Å². The van der Waals surface area contributed by atoms with Gasteiger partial charge in [0.2, 0.25) is 5.91 Å². The Kier molecular flexibility index (Phi) is 3.37. The molecule has 15 heavy (non-hydrogen) atoms. The molecule has 0 aliphatic heterocycles. The third kappa shape index (κ3) is 2.81. The molecule has 0 spiro atoms. The number of aromatic amines is 1. The zero-order chi connectivity index (χ0) is 10.5. The predicted molar refractivity (Wildman–Crippen MR) is 57.3 cm³/mol. The molecule has 0 saturated heterocycles. The normalized spacial score (nSPS) is 16.8. The van der Waals surface area contributed by atoms with Gasteiger partial charge in [0.05, 0.1) is 0 Å². The van der Waals surface area contributed by atoms with Crippen LogP contribution in [0.3, 0.4) is 0 Å². The number of rotatable bonds is 4. The van der Waals surface area contributed by atoms with Crippen molar-refractivity contribution in [2.45, 2.75) is 32.1 Å². The second kappa shape index (κ2) is 4.96. The number of aromatic nitrogens is 2. The van der Waals surface area contributed by atoms with Crippen LogP contribution in [0, 0.1) is 5.92 Å². The van der Waals surface area contributed by atoms with E-state index < -0.39 is 0 Å². The lowest BCUT2D eigenvalue weighted by molar-refractivity contribution is -0.124. The molecule has 2 N–H and O–H groups in total. The van der Waals surface area contributed by atoms with E-state index in [1.807, 2.05) is 6.07 Å². The summed E-state index contributed by atoms with van der Waals surface area (Å²) in [6.07, 6.45) is 7.11. The maximum Gasteiger partial charge on any atom is 0.223 e. The van der Waals surface area contributed by atoms with Crippen LogP contribution in [-0.4, -0.2) is 22.6 Å². The number of amides is 1. The SMILES string of the molecule is O=C(NCCc1ccn[nH]1)C1CCCC1. The third-order valence-electron chi connectivity index (χ3n) is 2.98. The highest BCUT2D eigenvalue weighted by molar-refractivity contribution is 5.78. The molecular formula is C11H17N3O. The maximum absolute atomic E-state index is 11.6. The molecule has 4 nitrogen and oxygen atoms in total. The second-order valence-electron chi connectivity index (χ2n) is 4.10. The molecule has 82 valence electrons. The maximum atomic E-state index is 11.6. The quantitative estimate of drug-likeness (QED) is 0.781. The first kappa shape index (κ1) is 10.2. The molecular weight excluding hydrogens is 190 g/mol. The summed E-state index contributed by atoms with van der Waals surface area (Å²) in [7, 11) is 0. The number of carbonyl (C=O) groups is 1. The number of nitrogens with one attached hydrogen (secondary N) is 2. The molecule has 1 aliphatic carbocycles. The summed E-state index contributed by atoms with van der Waals surface area (Å²) in [5.74, 6) is 0.499. The number of nitrogens with zero attached hydrogens (tertiary/aromatic N) is 1. The Morgan fingerprint density at radius 1 is 1.53 bits per heavy atom. The lowest BCUT2D eigenvalue weighted by Crippen LogP contribution is -2.30. The van der Waals surface area contributed by atoms with Gasteiger partial charge in [-0.1, -0.05) is 12.8 Å². The number of carbonyl (C=O) groups excluding carboxylic acids is 1. The molecule has 2 rings (SSSR count). The van der Waals surface area contributed by atoms with Gasteiger partial charge in [0, 0.05) is 30.8 Å². The van der Waals surface area contributed by atoms with Gasteiger partial charge in [-0.05, 0) is 18.9 Å². The van der Waals surface area contributed by atoms with Gasteiger partial charge in [0.15, 0.2) is 0 Å². The van der Waals surface area contributed by atoms with Gasteiger partial charge >= 0.3 is 0 Å². The van der Waals surface area contributed by atoms with Gasteiger partial charge < -0.3 is 5.32 Å². The van der Waals surface area contributed by atoms with Crippen molar-refractivity contribution in [3.63, 3.8) is 0 Å². The summed E-state index contributed by atoms with van der Waals surface area (Å²) in [4.78, 5) is 11.6. The predicted octanol–water partition coefficient (Wildman–Crippen LogP) is 1.26. The van der Waals surface area contributed by atoms with Crippen LogP contribution in [0.25, 0.3) is 0 Å². The highest BCUT2D eigenvalue weighted by Crippen LogP contribution is 2.24. The van der Waals surface area contributed by atoms with Gasteiger partial charge in [-0.15, -0.1) is 0 Å². The van der Waals surface area contributed by atoms with Crippen molar-refractivity contribution in [3.05, 3.63) is 18.0 Å². The number of hydrogen-bond acceptors (Lipinski definition) is 2. The van der Waals surface area contributed by atoms with Gasteiger partial charge in [-0.3, -0.25) is 9.89 Å². The van der Waals surface area contributed by atoms with Crippen LogP contribution in [0.15, 0.2) is 12.3 Å². The van der Waals surface area contributed by atoms with Crippen molar-refractivity contribution in [2.75, 3.05) is 6.54 Å². The summed E-state index contributed by atoms with van der Waals surface area (Å²) in [5, 5.41) is 9.71. The third-order valence-corrected chi connectivity index (χ3v) is 2.98. The van der Waals surface area contributed by atoms with Crippen molar-refractivity contribution in [1.29, 1.82) is 0 Å². The van der Waals surface area contributed by atoms with Crippen LogP contribution in [0.4, 0.5) is 0 Å². The zero-order valence-corrected chi connectivity index (χ0v) is 8.83. The lowest BCUT2D eigenvalue weighted by atomic mass is 10.1. The Morgan fingerprint density at radius 3 is 3.00 bits per heavy atom. The summed E-state index contributed by atoms with van der Waals surface area (Å²) < 4.78 is 0. The zero-order valence-electron chi connectivity index (χ0n) is 8.83. The molecule has 1 aromatic rings. The van der Waals surface area contributed by atoms with Gasteiger partial charge in [-0.25, -0.2) is 0 Å². The van der Waals surface area contributed by atoms with E-state index in [0.29, 0.717) is 6.54 Å². The van der Waals surface area contributed by atoms with E-state index in [1.54, 1.807) is 6.20 Å². The van der Waals surface area contributed by atoms with E-state index in [4.69, 9.17) is 0 Å². The van der Waals surface area contributed by atoms with Gasteiger partial charge in [-0.2, -0.15) is 5.10 Å². The van der Waals surface area contributed by atoms with Crippen LogP contribution in [-0.2, 0) is 11.2 Å². The molecule has 1 aliphatic rings. The van der Waals surface area contributed by atoms with Crippen LogP contribution in [0.2, 0.25) is 0 Å². The Hall–Kier alpha value is -1.32. The minimum atomic E-state index is 0.229. The summed E-state index contributed by atoms with van der Waals surface area (Å²) in [6, 6.07) is 1.93. The molecule has 1 amide bonds. The van der Waals surface area contributed by atoms with E-state index in [2.05, 4.69) is 15.5 Å². The fourth-order valence-electron chi connectivity index (χ4n) is 2.08. The van der Waals surface area contributed by atoms with Crippen molar-refractivity contribution in [3.8, 4) is 0 Å². The average molecular weight is 207 g/mol. The molecule has 1 aromatic heterocycles. The van der Waals surface area contributed by atoms with Gasteiger partial charge in [0.25, 0.3) is 0 Å². The van der Waals surface area contributed by atoms with Crippen LogP contribution >= 0.6 is 0 Å². The Bertz CT molecular complexity index is 302. The van der Waals surface area contributed by atoms with Crippen LogP contribution in [0.5, 0.6) is 0 Å². The van der Waals surface area contributed by atoms with Crippen molar-refractivity contribution in [1.82, 2.24) is 15.5 Å². The molecule has 0 aromatic carbocycles. The van der Waals surface area contributed by atoms with E-state index in [9.17, 15) is 4.79 Å². The highest BCUT2D eigenvalue weighted by atomic mass is 16.1. The smallest absolute Gasteiger partial charge is 0.223 e. The standard InChI is InChI=1S/C11H17N3O/c15-11(9-3-1-2-4-9)12-7-5-10-6-8-13-14-10/h6,8-9H,1-5,7H2,(H,12,15)(H,13,14). The monoisotopic (exact) mass is 207 g/mol. The van der Waals surface area contributed by atoms with Crippen molar-refractivity contribution < 1.29 is 4.79 Å². The molecule has 1 heterocycles. The number of hydrogen-bond donors (Lipinski definition) is 2. The molecule has 4 heteroatoms. The van der Waals surface area contributed by atoms with Crippen molar-refractivity contribution >= 4 is 5.91 Å². The summed E-state index contributed by atoms with van der Waals surface area (Å²) in [5.41, 5.74) is 1.07. The molecule has 0 unspecified atom stereocenters. The first-order chi connectivity index (χ1) is 7.36.